The number of rotatable bonds is 2. The first-order valence-electron chi connectivity index (χ1n) is 1.56. The maximum atomic E-state index is 9.45. The zero-order chi connectivity index (χ0) is 4.12. The zero-order valence-corrected chi connectivity index (χ0v) is 3.66. The summed E-state index contributed by atoms with van der Waals surface area (Å²) < 4.78 is 0. The third-order valence-electron chi connectivity index (χ3n) is 0.278. The third-order valence-corrected chi connectivity index (χ3v) is 0.545. The monoisotopic (exact) mass is 93.0 g/mol. The van der Waals surface area contributed by atoms with E-state index >= 15 is 0 Å². The van der Waals surface area contributed by atoms with Crippen LogP contribution in [0.25, 0.3) is 0 Å². The van der Waals surface area contributed by atoms with E-state index in [1.807, 2.05) is 0 Å². The van der Waals surface area contributed by atoms with Gasteiger partial charge in [0.1, 0.15) is 0 Å². The van der Waals surface area contributed by atoms with E-state index in [0.29, 0.717) is 12.3 Å². The van der Waals surface area contributed by atoms with Crippen LogP contribution < -0.4 is 5.11 Å². The van der Waals surface area contributed by atoms with Crippen LogP contribution in [-0.4, -0.2) is 12.5 Å². The largest absolute Gasteiger partial charge is 0.854 e. The quantitative estimate of drug-likeness (QED) is 0.440. The molecular weight excluding hydrogens is 87.5 g/mol. The smallest absolute Gasteiger partial charge is 0.0210 e. The lowest BCUT2D eigenvalue weighted by molar-refractivity contribution is -0.367. The van der Waals surface area contributed by atoms with Crippen molar-refractivity contribution in [1.29, 1.82) is 0 Å². The van der Waals surface area contributed by atoms with Gasteiger partial charge in [0.05, 0.1) is 0 Å². The van der Waals surface area contributed by atoms with Crippen LogP contribution in [0.1, 0.15) is 6.42 Å². The molecule has 0 saturated heterocycles. The standard InChI is InChI=1S/C3H6ClO/c4-2-1-3-5/h1-3H2/q-1. The molecular formula is C3H6ClO-. The van der Waals surface area contributed by atoms with Crippen LogP contribution in [0.3, 0.4) is 0 Å². The third kappa shape index (κ3) is 4.25. The van der Waals surface area contributed by atoms with Gasteiger partial charge < -0.3 is 5.11 Å². The molecule has 0 N–H and O–H groups in total. The summed E-state index contributed by atoms with van der Waals surface area (Å²) in [6.07, 6.45) is 0.599. The minimum atomic E-state index is -0.0382. The van der Waals surface area contributed by atoms with Crippen LogP contribution in [0.4, 0.5) is 0 Å². The van der Waals surface area contributed by atoms with E-state index in [4.69, 9.17) is 11.6 Å². The van der Waals surface area contributed by atoms with Crippen molar-refractivity contribution in [2.75, 3.05) is 12.5 Å². The van der Waals surface area contributed by atoms with Gasteiger partial charge in [-0.05, 0) is 0 Å². The maximum absolute atomic E-state index is 9.45. The van der Waals surface area contributed by atoms with Gasteiger partial charge in [0.2, 0.25) is 0 Å². The Morgan fingerprint density at radius 1 is 1.60 bits per heavy atom. The molecule has 0 unspecified atom stereocenters. The predicted molar refractivity (Wildman–Crippen MR) is 20.2 cm³/mol. The highest BCUT2D eigenvalue weighted by Gasteiger charge is 1.63. The van der Waals surface area contributed by atoms with Crippen LogP contribution in [0, 0.1) is 0 Å². The van der Waals surface area contributed by atoms with Crippen molar-refractivity contribution < 1.29 is 5.11 Å². The van der Waals surface area contributed by atoms with E-state index in [1.54, 1.807) is 0 Å². The van der Waals surface area contributed by atoms with Gasteiger partial charge in [0, 0.05) is 5.88 Å². The van der Waals surface area contributed by atoms with Gasteiger partial charge in [0.25, 0.3) is 0 Å². The Balaban J connectivity index is 2.19. The van der Waals surface area contributed by atoms with Gasteiger partial charge in [-0.15, -0.1) is 18.2 Å². The topological polar surface area (TPSA) is 23.1 Å². The van der Waals surface area contributed by atoms with E-state index in [-0.39, 0.29) is 6.61 Å². The minimum Gasteiger partial charge on any atom is -0.854 e. The number of hydrogen-bond acceptors (Lipinski definition) is 1. The molecule has 0 rings (SSSR count). The lowest BCUT2D eigenvalue weighted by Crippen LogP contribution is -2.04. The highest BCUT2D eigenvalue weighted by molar-refractivity contribution is 6.17. The summed E-state index contributed by atoms with van der Waals surface area (Å²) >= 11 is 5.10. The molecule has 0 aromatic rings. The van der Waals surface area contributed by atoms with E-state index in [9.17, 15) is 5.11 Å². The van der Waals surface area contributed by atoms with Crippen molar-refractivity contribution in [1.82, 2.24) is 0 Å². The summed E-state index contributed by atoms with van der Waals surface area (Å²) in [6.45, 7) is -0.0382. The van der Waals surface area contributed by atoms with Crippen LogP contribution in [0.5, 0.6) is 0 Å². The molecule has 0 radical (unpaired) electrons. The highest BCUT2D eigenvalue weighted by Crippen LogP contribution is 1.75. The maximum Gasteiger partial charge on any atom is 0.0210 e. The van der Waals surface area contributed by atoms with Crippen molar-refractivity contribution in [2.24, 2.45) is 0 Å². The van der Waals surface area contributed by atoms with Gasteiger partial charge >= 0.3 is 0 Å². The first kappa shape index (κ1) is 5.25. The summed E-state index contributed by atoms with van der Waals surface area (Å²) in [5.41, 5.74) is 0. The number of hydrogen-bond donors (Lipinski definition) is 0. The van der Waals surface area contributed by atoms with Crippen LogP contribution in [-0.2, 0) is 0 Å². The molecule has 0 atom stereocenters. The Bertz CT molecular complexity index is 14.4. The van der Waals surface area contributed by atoms with Gasteiger partial charge in [-0.1, -0.05) is 6.42 Å². The molecule has 1 nitrogen and oxygen atoms in total. The Morgan fingerprint density at radius 3 is 2.20 bits per heavy atom. The average molecular weight is 93.5 g/mol. The molecule has 0 aromatic carbocycles. The molecule has 0 heterocycles. The Kier molecular flexibility index (Phi) is 4.46. The molecule has 32 valence electrons. The number of alkyl halides is 1. The summed E-state index contributed by atoms with van der Waals surface area (Å²) in [7, 11) is 0. The normalized spacial score (nSPS) is 8.40. The van der Waals surface area contributed by atoms with Crippen molar-refractivity contribution >= 4 is 11.6 Å². The summed E-state index contributed by atoms with van der Waals surface area (Å²) in [6, 6.07) is 0. The summed E-state index contributed by atoms with van der Waals surface area (Å²) in [5.74, 6) is 0.503. The van der Waals surface area contributed by atoms with Crippen LogP contribution in [0.15, 0.2) is 0 Å². The second-order valence-corrected chi connectivity index (χ2v) is 1.12. The molecule has 0 fully saturated rings. The summed E-state index contributed by atoms with van der Waals surface area (Å²) in [5, 5.41) is 9.45. The molecule has 2 heteroatoms. The molecule has 0 aliphatic heterocycles. The van der Waals surface area contributed by atoms with Crippen molar-refractivity contribution in [3.63, 3.8) is 0 Å². The lowest BCUT2D eigenvalue weighted by atomic mass is 10.5. The fourth-order valence-corrected chi connectivity index (χ4v) is 0.164. The first-order chi connectivity index (χ1) is 2.41. The van der Waals surface area contributed by atoms with Crippen molar-refractivity contribution in [3.8, 4) is 0 Å². The molecule has 0 aliphatic rings. The molecule has 0 bridgehead atoms. The second kappa shape index (κ2) is 4.25. The number of halogens is 1. The molecule has 0 aliphatic carbocycles. The second-order valence-electron chi connectivity index (χ2n) is 0.747. The molecule has 0 amide bonds. The molecule has 0 saturated carbocycles. The van der Waals surface area contributed by atoms with E-state index < -0.39 is 0 Å². The van der Waals surface area contributed by atoms with Crippen LogP contribution >= 0.6 is 11.6 Å². The van der Waals surface area contributed by atoms with Gasteiger partial charge in [-0.2, -0.15) is 0 Å². The van der Waals surface area contributed by atoms with Gasteiger partial charge in [-0.25, -0.2) is 0 Å². The molecule has 0 aromatic heterocycles. The van der Waals surface area contributed by atoms with Gasteiger partial charge in [0.15, 0.2) is 0 Å². The fourth-order valence-electron chi connectivity index (χ4n) is 0.0546. The fraction of sp³-hybridized carbons (Fsp3) is 1.00. The van der Waals surface area contributed by atoms with E-state index in [0.717, 1.165) is 0 Å². The lowest BCUT2D eigenvalue weighted by Gasteiger charge is -1.93. The predicted octanol–water partition coefficient (Wildman–Crippen LogP) is -0.0244. The Morgan fingerprint density at radius 2 is 2.20 bits per heavy atom. The van der Waals surface area contributed by atoms with Crippen molar-refractivity contribution in [2.45, 2.75) is 6.42 Å². The molecule has 0 spiro atoms. The zero-order valence-electron chi connectivity index (χ0n) is 2.91. The summed E-state index contributed by atoms with van der Waals surface area (Å²) in [4.78, 5) is 0. The highest BCUT2D eigenvalue weighted by atomic mass is 35.5. The van der Waals surface area contributed by atoms with E-state index in [2.05, 4.69) is 0 Å². The van der Waals surface area contributed by atoms with Crippen molar-refractivity contribution in [3.05, 3.63) is 0 Å². The van der Waals surface area contributed by atoms with Gasteiger partial charge in [-0.3, -0.25) is 0 Å². The average Bonchev–Trinajstić information content (AvgIpc) is 1.41. The first-order valence-corrected chi connectivity index (χ1v) is 2.09. The molecule has 5 heavy (non-hydrogen) atoms. The SMILES string of the molecule is [O-]CCCCl. The van der Waals surface area contributed by atoms with Crippen LogP contribution in [0.2, 0.25) is 0 Å². The van der Waals surface area contributed by atoms with E-state index in [1.165, 1.54) is 0 Å². The Hall–Kier alpha value is 0.250. The Labute approximate surface area is 36.6 Å². The minimum absolute atomic E-state index is 0.0382.